The highest BCUT2D eigenvalue weighted by Crippen LogP contribution is 2.62. The molecule has 0 spiro atoms. The second-order valence-electron chi connectivity index (χ2n) is 14.3. The second kappa shape index (κ2) is 12.3. The molecular formula is C53H34S. The van der Waals surface area contributed by atoms with Crippen LogP contribution in [-0.2, 0) is 5.41 Å². The van der Waals surface area contributed by atoms with Gasteiger partial charge in [-0.1, -0.05) is 218 Å². The molecule has 0 aliphatic carbocycles. The maximum absolute atomic E-state index is 2.41. The quantitative estimate of drug-likeness (QED) is 0.165. The first-order chi connectivity index (χ1) is 26.8. The summed E-state index contributed by atoms with van der Waals surface area (Å²) in [6, 6.07) is 76.7. The largest absolute Gasteiger partial charge is 0.0880 e. The lowest BCUT2D eigenvalue weighted by Crippen LogP contribution is -2.35. The van der Waals surface area contributed by atoms with E-state index in [1.165, 1.54) is 97.4 Å². The van der Waals surface area contributed by atoms with E-state index in [4.69, 9.17) is 0 Å². The Kier molecular flexibility index (Phi) is 7.12. The van der Waals surface area contributed by atoms with Crippen LogP contribution in [0.15, 0.2) is 216 Å². The van der Waals surface area contributed by atoms with Crippen LogP contribution in [0.1, 0.15) is 22.3 Å². The molecule has 0 saturated carbocycles. The van der Waals surface area contributed by atoms with Gasteiger partial charge in [0, 0.05) is 9.79 Å². The summed E-state index contributed by atoms with van der Waals surface area (Å²) in [6.45, 7) is 0. The van der Waals surface area contributed by atoms with Gasteiger partial charge in [-0.3, -0.25) is 0 Å². The molecular weight excluding hydrogens is 669 g/mol. The fourth-order valence-corrected chi connectivity index (χ4v) is 10.7. The minimum atomic E-state index is -0.659. The molecule has 10 aromatic carbocycles. The van der Waals surface area contributed by atoms with E-state index in [0.29, 0.717) is 0 Å². The summed E-state index contributed by atoms with van der Waals surface area (Å²) in [5.41, 5.74) is 9.45. The van der Waals surface area contributed by atoms with Crippen LogP contribution in [0.25, 0.3) is 65.3 Å². The minimum absolute atomic E-state index is 0.659. The van der Waals surface area contributed by atoms with Crippen molar-refractivity contribution in [2.75, 3.05) is 0 Å². The van der Waals surface area contributed by atoms with E-state index in [9.17, 15) is 0 Å². The van der Waals surface area contributed by atoms with Crippen molar-refractivity contribution in [3.8, 4) is 22.3 Å². The molecule has 0 amide bonds. The van der Waals surface area contributed by atoms with Gasteiger partial charge in [-0.15, -0.1) is 0 Å². The van der Waals surface area contributed by atoms with E-state index in [2.05, 4.69) is 206 Å². The van der Waals surface area contributed by atoms with Gasteiger partial charge < -0.3 is 0 Å². The third-order valence-corrected chi connectivity index (χ3v) is 12.8. The third kappa shape index (κ3) is 4.52. The summed E-state index contributed by atoms with van der Waals surface area (Å²) < 4.78 is 0. The second-order valence-corrected chi connectivity index (χ2v) is 15.4. The zero-order valence-electron chi connectivity index (χ0n) is 29.5. The fourth-order valence-electron chi connectivity index (χ4n) is 9.23. The summed E-state index contributed by atoms with van der Waals surface area (Å²) in [6.07, 6.45) is 0. The van der Waals surface area contributed by atoms with E-state index in [1.807, 2.05) is 11.8 Å². The van der Waals surface area contributed by atoms with Gasteiger partial charge in [0.2, 0.25) is 0 Å². The molecule has 0 aromatic heterocycles. The minimum Gasteiger partial charge on any atom is -0.0880 e. The van der Waals surface area contributed by atoms with Gasteiger partial charge in [0.1, 0.15) is 0 Å². The molecule has 11 rings (SSSR count). The molecule has 0 bridgehead atoms. The van der Waals surface area contributed by atoms with Crippen molar-refractivity contribution in [2.24, 2.45) is 0 Å². The average molecular weight is 703 g/mol. The topological polar surface area (TPSA) is 0 Å². The van der Waals surface area contributed by atoms with Crippen LogP contribution in [0.4, 0.5) is 0 Å². The molecule has 0 N–H and O–H groups in total. The summed E-state index contributed by atoms with van der Waals surface area (Å²) >= 11 is 1.96. The first-order valence-corrected chi connectivity index (χ1v) is 19.5. The van der Waals surface area contributed by atoms with E-state index in [-0.39, 0.29) is 0 Å². The summed E-state index contributed by atoms with van der Waals surface area (Å²) in [7, 11) is 0. The predicted octanol–water partition coefficient (Wildman–Crippen LogP) is 14.5. The first-order valence-electron chi connectivity index (χ1n) is 18.7. The monoisotopic (exact) mass is 702 g/mol. The molecule has 252 valence electrons. The summed E-state index contributed by atoms with van der Waals surface area (Å²) in [5.74, 6) is 0. The molecule has 0 atom stereocenters. The number of rotatable bonds is 4. The van der Waals surface area contributed by atoms with Crippen molar-refractivity contribution in [2.45, 2.75) is 15.2 Å². The molecule has 0 fully saturated rings. The van der Waals surface area contributed by atoms with E-state index in [1.54, 1.807) is 0 Å². The smallest absolute Gasteiger partial charge is 0.0736 e. The predicted molar refractivity (Wildman–Crippen MR) is 230 cm³/mol. The fraction of sp³-hybridized carbons (Fsp3) is 0.0189. The van der Waals surface area contributed by atoms with Gasteiger partial charge in [-0.05, 0) is 87.6 Å². The first kappa shape index (κ1) is 31.1. The zero-order valence-corrected chi connectivity index (χ0v) is 30.4. The van der Waals surface area contributed by atoms with E-state index < -0.39 is 5.41 Å². The van der Waals surface area contributed by atoms with Crippen LogP contribution in [0, 0.1) is 0 Å². The lowest BCUT2D eigenvalue weighted by atomic mass is 9.62. The highest BCUT2D eigenvalue weighted by atomic mass is 32.2. The SMILES string of the molecule is c1ccc(-c2ccc(C3(c4ccc(-c5ccccc5)cc4)c4c(c5ccccc5c5ccccc45)Sc4c3c3ccccc3c3ccccc43)cc2)cc1. The van der Waals surface area contributed by atoms with Gasteiger partial charge in [0.15, 0.2) is 0 Å². The molecule has 0 radical (unpaired) electrons. The van der Waals surface area contributed by atoms with Gasteiger partial charge in [-0.25, -0.2) is 0 Å². The van der Waals surface area contributed by atoms with Gasteiger partial charge in [0.05, 0.1) is 5.41 Å². The Balaban J connectivity index is 1.36. The van der Waals surface area contributed by atoms with Crippen molar-refractivity contribution in [1.29, 1.82) is 0 Å². The Morgan fingerprint density at radius 3 is 0.889 bits per heavy atom. The highest BCUT2D eigenvalue weighted by Gasteiger charge is 2.48. The maximum Gasteiger partial charge on any atom is 0.0736 e. The standard InChI is InChI=1S/C53H34S/c1-3-15-35(16-4-1)37-27-31-39(32-28-37)53(40-33-29-38(30-34-40)36-17-5-2-6-18-36)49-45-23-11-7-19-41(45)43-21-9-13-25-47(43)51(49)54-52-48-26-14-10-22-44(48)42-20-8-12-24-46(42)50(52)53/h1-34H. The van der Waals surface area contributed by atoms with Crippen LogP contribution in [0.2, 0.25) is 0 Å². The Bertz CT molecular complexity index is 2820. The van der Waals surface area contributed by atoms with Crippen LogP contribution >= 0.6 is 11.8 Å². The molecule has 0 unspecified atom stereocenters. The Hall–Kier alpha value is -6.41. The molecule has 0 saturated heterocycles. The molecule has 10 aromatic rings. The van der Waals surface area contributed by atoms with Crippen LogP contribution < -0.4 is 0 Å². The maximum atomic E-state index is 2.41. The Morgan fingerprint density at radius 1 is 0.241 bits per heavy atom. The third-order valence-electron chi connectivity index (χ3n) is 11.6. The molecule has 1 heteroatoms. The lowest BCUT2D eigenvalue weighted by Gasteiger charge is -2.44. The van der Waals surface area contributed by atoms with Crippen molar-refractivity contribution in [1.82, 2.24) is 0 Å². The highest BCUT2D eigenvalue weighted by molar-refractivity contribution is 8.00. The van der Waals surface area contributed by atoms with Crippen LogP contribution in [0.3, 0.4) is 0 Å². The number of benzene rings is 10. The summed E-state index contributed by atoms with van der Waals surface area (Å²) in [4.78, 5) is 2.66. The molecule has 0 nitrogen and oxygen atoms in total. The van der Waals surface area contributed by atoms with Crippen LogP contribution in [-0.4, -0.2) is 0 Å². The van der Waals surface area contributed by atoms with Crippen molar-refractivity contribution in [3.63, 3.8) is 0 Å². The zero-order chi connectivity index (χ0) is 35.6. The van der Waals surface area contributed by atoms with E-state index in [0.717, 1.165) is 0 Å². The van der Waals surface area contributed by atoms with Gasteiger partial charge in [0.25, 0.3) is 0 Å². The number of fused-ring (bicyclic) bond motifs is 12. The normalized spacial score (nSPS) is 13.3. The molecule has 1 aliphatic heterocycles. The summed E-state index contributed by atoms with van der Waals surface area (Å²) in [5, 5.41) is 10.3. The Labute approximate surface area is 319 Å². The van der Waals surface area contributed by atoms with Crippen molar-refractivity contribution in [3.05, 3.63) is 229 Å². The van der Waals surface area contributed by atoms with Gasteiger partial charge in [-0.2, -0.15) is 0 Å². The van der Waals surface area contributed by atoms with Crippen LogP contribution in [0.5, 0.6) is 0 Å². The number of hydrogen-bond acceptors (Lipinski definition) is 1. The average Bonchev–Trinajstić information content (AvgIpc) is 3.26. The number of hydrogen-bond donors (Lipinski definition) is 0. The van der Waals surface area contributed by atoms with Crippen molar-refractivity contribution >= 4 is 54.9 Å². The lowest BCUT2D eigenvalue weighted by molar-refractivity contribution is 0.724. The van der Waals surface area contributed by atoms with Crippen molar-refractivity contribution < 1.29 is 0 Å². The molecule has 1 aliphatic rings. The molecule has 54 heavy (non-hydrogen) atoms. The van der Waals surface area contributed by atoms with Gasteiger partial charge >= 0.3 is 0 Å². The van der Waals surface area contributed by atoms with E-state index >= 15 is 0 Å². The molecule has 1 heterocycles. The Morgan fingerprint density at radius 2 is 0.519 bits per heavy atom.